The predicted molar refractivity (Wildman–Crippen MR) is 90.1 cm³/mol. The van der Waals surface area contributed by atoms with Crippen molar-refractivity contribution in [1.82, 2.24) is 20.8 Å². The van der Waals surface area contributed by atoms with Crippen molar-refractivity contribution in [3.8, 4) is 0 Å². The third kappa shape index (κ3) is 3.51. The van der Waals surface area contributed by atoms with Crippen LogP contribution in [-0.4, -0.2) is 22.6 Å². The Labute approximate surface area is 136 Å². The van der Waals surface area contributed by atoms with Crippen molar-refractivity contribution < 1.29 is 4.79 Å². The molecule has 5 nitrogen and oxygen atoms in total. The Balaban J connectivity index is 1.78. The Morgan fingerprint density at radius 3 is 3.00 bits per heavy atom. The van der Waals surface area contributed by atoms with Gasteiger partial charge in [-0.1, -0.05) is 36.4 Å². The Morgan fingerprint density at radius 1 is 1.39 bits per heavy atom. The number of carbonyl (C=O) groups excluding carboxylic acids is 1. The summed E-state index contributed by atoms with van der Waals surface area (Å²) in [6.45, 7) is 5.39. The summed E-state index contributed by atoms with van der Waals surface area (Å²) in [4.78, 5) is 12.7. The van der Waals surface area contributed by atoms with Gasteiger partial charge in [-0.2, -0.15) is 5.10 Å². The van der Waals surface area contributed by atoms with Gasteiger partial charge in [0.05, 0.1) is 6.04 Å². The molecule has 1 atom stereocenters. The molecule has 3 rings (SSSR count). The van der Waals surface area contributed by atoms with Crippen molar-refractivity contribution in [3.63, 3.8) is 0 Å². The lowest BCUT2D eigenvalue weighted by atomic mass is 10.0. The van der Waals surface area contributed by atoms with Gasteiger partial charge in [-0.3, -0.25) is 9.89 Å². The highest BCUT2D eigenvalue weighted by atomic mass is 16.2. The average molecular weight is 310 g/mol. The summed E-state index contributed by atoms with van der Waals surface area (Å²) in [7, 11) is 0. The number of rotatable bonds is 6. The van der Waals surface area contributed by atoms with E-state index in [1.807, 2.05) is 36.4 Å². The Morgan fingerprint density at radius 2 is 2.22 bits per heavy atom. The van der Waals surface area contributed by atoms with Crippen LogP contribution in [0.5, 0.6) is 0 Å². The predicted octanol–water partition coefficient (Wildman–Crippen LogP) is 2.49. The number of nitrogens with zero attached hydrogens (tertiary/aromatic N) is 1. The molecule has 0 radical (unpaired) electrons. The molecule has 1 unspecified atom stereocenters. The van der Waals surface area contributed by atoms with Gasteiger partial charge in [-0.05, 0) is 18.4 Å². The maximum Gasteiger partial charge on any atom is 0.272 e. The van der Waals surface area contributed by atoms with Gasteiger partial charge in [0, 0.05) is 30.8 Å². The molecule has 1 aromatic heterocycles. The summed E-state index contributed by atoms with van der Waals surface area (Å²) in [5.41, 5.74) is 3.66. The van der Waals surface area contributed by atoms with Crippen LogP contribution in [0.3, 0.4) is 0 Å². The molecule has 0 spiro atoms. The molecule has 0 bridgehead atoms. The van der Waals surface area contributed by atoms with E-state index in [1.54, 1.807) is 0 Å². The maximum absolute atomic E-state index is 12.7. The summed E-state index contributed by atoms with van der Waals surface area (Å²) < 4.78 is 0. The number of nitrogens with one attached hydrogen (secondary N) is 3. The topological polar surface area (TPSA) is 69.8 Å². The van der Waals surface area contributed by atoms with E-state index in [2.05, 4.69) is 27.4 Å². The van der Waals surface area contributed by atoms with Gasteiger partial charge >= 0.3 is 0 Å². The zero-order valence-electron chi connectivity index (χ0n) is 13.1. The van der Waals surface area contributed by atoms with Gasteiger partial charge < -0.3 is 10.6 Å². The Kier molecular flexibility index (Phi) is 4.88. The van der Waals surface area contributed by atoms with Crippen molar-refractivity contribution in [1.29, 1.82) is 0 Å². The van der Waals surface area contributed by atoms with Crippen LogP contribution in [0, 0.1) is 0 Å². The summed E-state index contributed by atoms with van der Waals surface area (Å²) in [6, 6.07) is 9.99. The lowest BCUT2D eigenvalue weighted by Crippen LogP contribution is -2.31. The molecule has 0 fully saturated rings. The van der Waals surface area contributed by atoms with Gasteiger partial charge in [0.2, 0.25) is 0 Å². The number of carbonyl (C=O) groups is 1. The highest BCUT2D eigenvalue weighted by Crippen LogP contribution is 2.21. The van der Waals surface area contributed by atoms with Crippen LogP contribution in [0.2, 0.25) is 0 Å². The second-order valence-corrected chi connectivity index (χ2v) is 5.76. The first-order chi connectivity index (χ1) is 11.3. The quantitative estimate of drug-likeness (QED) is 0.718. The van der Waals surface area contributed by atoms with Crippen LogP contribution in [-0.2, 0) is 13.0 Å². The average Bonchev–Trinajstić information content (AvgIpc) is 3.03. The highest BCUT2D eigenvalue weighted by molar-refractivity contribution is 5.94. The Hall–Kier alpha value is -2.40. The molecule has 23 heavy (non-hydrogen) atoms. The molecule has 2 heterocycles. The minimum atomic E-state index is -0.121. The molecule has 1 aromatic carbocycles. The molecular weight excluding hydrogens is 288 g/mol. The van der Waals surface area contributed by atoms with Crippen molar-refractivity contribution in [3.05, 3.63) is 65.5 Å². The number of hydrogen-bond acceptors (Lipinski definition) is 3. The van der Waals surface area contributed by atoms with E-state index in [0.29, 0.717) is 12.2 Å². The van der Waals surface area contributed by atoms with E-state index in [-0.39, 0.29) is 11.9 Å². The van der Waals surface area contributed by atoms with Crippen molar-refractivity contribution in [2.75, 3.05) is 6.54 Å². The molecular formula is C18H22N4O. The van der Waals surface area contributed by atoms with E-state index in [1.165, 1.54) is 0 Å². The highest BCUT2D eigenvalue weighted by Gasteiger charge is 2.23. The van der Waals surface area contributed by atoms with Gasteiger partial charge in [0.25, 0.3) is 5.91 Å². The standard InChI is InChI=1S/C18H22N4O/c1-2-3-9-15(13-7-5-4-6-8-13)20-18(23)17-14-12-19-11-10-16(14)21-22-17/h2,4-8,15,19H,1,3,9-12H2,(H,20,23)(H,21,22). The van der Waals surface area contributed by atoms with E-state index in [0.717, 1.165) is 42.6 Å². The number of benzene rings is 1. The van der Waals surface area contributed by atoms with Crippen LogP contribution in [0.25, 0.3) is 0 Å². The van der Waals surface area contributed by atoms with Crippen molar-refractivity contribution in [2.45, 2.75) is 31.8 Å². The lowest BCUT2D eigenvalue weighted by molar-refractivity contribution is 0.0928. The normalized spacial score (nSPS) is 14.8. The molecule has 0 saturated heterocycles. The van der Waals surface area contributed by atoms with E-state index < -0.39 is 0 Å². The fourth-order valence-corrected chi connectivity index (χ4v) is 2.93. The first-order valence-electron chi connectivity index (χ1n) is 8.03. The van der Waals surface area contributed by atoms with E-state index in [4.69, 9.17) is 0 Å². The molecule has 2 aromatic rings. The fraction of sp³-hybridized carbons (Fsp3) is 0.333. The number of fused-ring (bicyclic) bond motifs is 1. The van der Waals surface area contributed by atoms with Gasteiger partial charge in [0.15, 0.2) is 5.69 Å². The van der Waals surface area contributed by atoms with Crippen LogP contribution in [0.1, 0.15) is 46.2 Å². The first kappa shape index (κ1) is 15.5. The minimum absolute atomic E-state index is 0.0365. The number of aromatic amines is 1. The molecule has 3 N–H and O–H groups in total. The number of amides is 1. The summed E-state index contributed by atoms with van der Waals surface area (Å²) in [5, 5.41) is 13.6. The Bertz CT molecular complexity index is 678. The summed E-state index contributed by atoms with van der Waals surface area (Å²) in [5.74, 6) is -0.121. The molecule has 1 aliphatic heterocycles. The maximum atomic E-state index is 12.7. The van der Waals surface area contributed by atoms with Crippen LogP contribution >= 0.6 is 0 Å². The zero-order chi connectivity index (χ0) is 16.1. The second kappa shape index (κ2) is 7.24. The molecule has 120 valence electrons. The van der Waals surface area contributed by atoms with Gasteiger partial charge in [-0.25, -0.2) is 0 Å². The number of H-pyrrole nitrogens is 1. The largest absolute Gasteiger partial charge is 0.344 e. The molecule has 0 aliphatic carbocycles. The number of hydrogen-bond donors (Lipinski definition) is 3. The van der Waals surface area contributed by atoms with E-state index in [9.17, 15) is 4.79 Å². The zero-order valence-corrected chi connectivity index (χ0v) is 13.1. The molecule has 1 amide bonds. The molecule has 1 aliphatic rings. The lowest BCUT2D eigenvalue weighted by Gasteiger charge is -2.19. The number of aromatic nitrogens is 2. The monoisotopic (exact) mass is 310 g/mol. The summed E-state index contributed by atoms with van der Waals surface area (Å²) in [6.07, 6.45) is 4.43. The summed E-state index contributed by atoms with van der Waals surface area (Å²) >= 11 is 0. The smallest absolute Gasteiger partial charge is 0.272 e. The number of allylic oxidation sites excluding steroid dienone is 1. The van der Waals surface area contributed by atoms with E-state index >= 15 is 0 Å². The minimum Gasteiger partial charge on any atom is -0.344 e. The van der Waals surface area contributed by atoms with Crippen LogP contribution in [0.15, 0.2) is 43.0 Å². The van der Waals surface area contributed by atoms with Gasteiger partial charge in [-0.15, -0.1) is 6.58 Å². The van der Waals surface area contributed by atoms with Crippen molar-refractivity contribution in [2.24, 2.45) is 0 Å². The SMILES string of the molecule is C=CCCC(NC(=O)c1n[nH]c2c1CNCC2)c1ccccc1. The van der Waals surface area contributed by atoms with Crippen molar-refractivity contribution >= 4 is 5.91 Å². The third-order valence-corrected chi connectivity index (χ3v) is 4.19. The van der Waals surface area contributed by atoms with Crippen LogP contribution in [0.4, 0.5) is 0 Å². The van der Waals surface area contributed by atoms with Crippen LogP contribution < -0.4 is 10.6 Å². The fourth-order valence-electron chi connectivity index (χ4n) is 2.93. The second-order valence-electron chi connectivity index (χ2n) is 5.76. The molecule has 0 saturated carbocycles. The third-order valence-electron chi connectivity index (χ3n) is 4.19. The van der Waals surface area contributed by atoms with Gasteiger partial charge in [0.1, 0.15) is 0 Å². The molecule has 5 heteroatoms. The first-order valence-corrected chi connectivity index (χ1v) is 8.03.